The van der Waals surface area contributed by atoms with Crippen LogP contribution in [-0.4, -0.2) is 20.4 Å². The highest BCUT2D eigenvalue weighted by atomic mass is 32.2. The summed E-state index contributed by atoms with van der Waals surface area (Å²) in [4.78, 5) is 25.1. The van der Waals surface area contributed by atoms with Crippen molar-refractivity contribution >= 4 is 37.7 Å². The van der Waals surface area contributed by atoms with Crippen molar-refractivity contribution in [2.75, 3.05) is 0 Å². The second kappa shape index (κ2) is 9.40. The fraction of sp³-hybridized carbons (Fsp3) is 0.231. The number of aryl methyl sites for hydroxylation is 1. The molecule has 3 aromatic carbocycles. The van der Waals surface area contributed by atoms with Crippen molar-refractivity contribution in [3.8, 4) is 0 Å². The number of ether oxygens (including phenoxy) is 1. The number of sulfonamides is 1. The molecule has 0 amide bonds. The summed E-state index contributed by atoms with van der Waals surface area (Å²) in [5.41, 5.74) is 1.23. The van der Waals surface area contributed by atoms with Gasteiger partial charge in [-0.1, -0.05) is 61.9 Å². The van der Waals surface area contributed by atoms with E-state index in [4.69, 9.17) is 9.15 Å². The molecule has 34 heavy (non-hydrogen) atoms. The lowest BCUT2D eigenvalue weighted by Gasteiger charge is -2.21. The van der Waals surface area contributed by atoms with Gasteiger partial charge in [0, 0.05) is 17.0 Å². The molecule has 1 heterocycles. The van der Waals surface area contributed by atoms with Crippen LogP contribution in [0.2, 0.25) is 0 Å². The molecule has 0 bridgehead atoms. The molecule has 0 unspecified atom stereocenters. The van der Waals surface area contributed by atoms with Crippen LogP contribution >= 0.6 is 0 Å². The fourth-order valence-electron chi connectivity index (χ4n) is 3.78. The van der Waals surface area contributed by atoms with Crippen molar-refractivity contribution in [3.63, 3.8) is 0 Å². The number of nitrogens with one attached hydrogen (secondary N) is 1. The van der Waals surface area contributed by atoms with Gasteiger partial charge in [0.05, 0.1) is 4.90 Å². The molecule has 8 heteroatoms. The van der Waals surface area contributed by atoms with Gasteiger partial charge in [0.2, 0.25) is 10.0 Å². The number of hydrogen-bond acceptors (Lipinski definition) is 6. The van der Waals surface area contributed by atoms with Gasteiger partial charge in [0.15, 0.2) is 0 Å². The maximum absolute atomic E-state index is 13.0. The van der Waals surface area contributed by atoms with E-state index in [9.17, 15) is 18.0 Å². The number of benzene rings is 3. The fourth-order valence-corrected chi connectivity index (χ4v) is 5.11. The van der Waals surface area contributed by atoms with E-state index in [1.807, 2.05) is 37.3 Å². The molecule has 0 saturated heterocycles. The van der Waals surface area contributed by atoms with E-state index in [1.165, 1.54) is 18.2 Å². The molecule has 7 nitrogen and oxygen atoms in total. The highest BCUT2D eigenvalue weighted by molar-refractivity contribution is 7.89. The first kappa shape index (κ1) is 23.7. The monoisotopic (exact) mass is 479 g/mol. The maximum atomic E-state index is 13.0. The van der Waals surface area contributed by atoms with E-state index in [0.29, 0.717) is 16.5 Å². The van der Waals surface area contributed by atoms with Gasteiger partial charge in [-0.3, -0.25) is 4.79 Å². The van der Waals surface area contributed by atoms with E-state index in [-0.39, 0.29) is 17.4 Å². The summed E-state index contributed by atoms with van der Waals surface area (Å²) in [5, 5.41) is 2.48. The van der Waals surface area contributed by atoms with Crippen LogP contribution in [0.5, 0.6) is 0 Å². The Labute approximate surface area is 197 Å². The minimum Gasteiger partial charge on any atom is -0.460 e. The summed E-state index contributed by atoms with van der Waals surface area (Å²) in [6, 6.07) is 17.7. The molecule has 0 aliphatic heterocycles. The first-order valence-electron chi connectivity index (χ1n) is 10.9. The lowest BCUT2D eigenvalue weighted by atomic mass is 10.0. The summed E-state index contributed by atoms with van der Waals surface area (Å²) in [6.07, 6.45) is 0. The van der Waals surface area contributed by atoms with Crippen LogP contribution in [0.4, 0.5) is 0 Å². The Kier molecular flexibility index (Phi) is 6.54. The van der Waals surface area contributed by atoms with Gasteiger partial charge in [-0.2, -0.15) is 4.72 Å². The van der Waals surface area contributed by atoms with Crippen LogP contribution in [0.25, 0.3) is 21.7 Å². The Morgan fingerprint density at radius 3 is 2.44 bits per heavy atom. The van der Waals surface area contributed by atoms with Gasteiger partial charge in [-0.15, -0.1) is 0 Å². The molecule has 4 aromatic rings. The quantitative estimate of drug-likeness (QED) is 0.241. The number of rotatable bonds is 7. The topological polar surface area (TPSA) is 103 Å². The van der Waals surface area contributed by atoms with E-state index >= 15 is 0 Å². The number of carbonyl (C=O) groups is 1. The highest BCUT2D eigenvalue weighted by Crippen LogP contribution is 2.28. The van der Waals surface area contributed by atoms with Crippen molar-refractivity contribution in [3.05, 3.63) is 88.3 Å². The molecule has 1 N–H and O–H groups in total. The lowest BCUT2D eigenvalue weighted by Crippen LogP contribution is -2.45. The van der Waals surface area contributed by atoms with Crippen LogP contribution in [0.15, 0.2) is 80.8 Å². The Balaban J connectivity index is 1.61. The van der Waals surface area contributed by atoms with Gasteiger partial charge in [-0.05, 0) is 41.8 Å². The van der Waals surface area contributed by atoms with Crippen molar-refractivity contribution < 1.29 is 22.4 Å². The van der Waals surface area contributed by atoms with Crippen LogP contribution in [0.1, 0.15) is 25.0 Å². The molecule has 176 valence electrons. The predicted octanol–water partition coefficient (Wildman–Crippen LogP) is 4.30. The second-order valence-corrected chi connectivity index (χ2v) is 10.2. The molecular formula is C26H25NO6S. The van der Waals surface area contributed by atoms with Crippen LogP contribution < -0.4 is 10.3 Å². The molecule has 0 fully saturated rings. The van der Waals surface area contributed by atoms with E-state index in [0.717, 1.165) is 16.3 Å². The zero-order valence-electron chi connectivity index (χ0n) is 19.1. The average Bonchev–Trinajstić information content (AvgIpc) is 2.80. The van der Waals surface area contributed by atoms with Crippen molar-refractivity contribution in [1.29, 1.82) is 0 Å². The summed E-state index contributed by atoms with van der Waals surface area (Å²) >= 11 is 0. The Morgan fingerprint density at radius 1 is 1.03 bits per heavy atom. The molecule has 0 spiro atoms. The standard InChI is InChI=1S/C26H25NO6S/c1-16(2)25(27-34(30,31)20-11-8-17(3)9-12-20)26(29)32-15-19-14-23(28)33-22-13-10-18-6-4-5-7-21(18)24(19)22/h4-14,16,25,27H,15H2,1-3H3/t25-/m0/s1. The molecule has 1 atom stereocenters. The van der Waals surface area contributed by atoms with Gasteiger partial charge < -0.3 is 9.15 Å². The van der Waals surface area contributed by atoms with Crippen LogP contribution in [-0.2, 0) is 26.2 Å². The normalized spacial score (nSPS) is 12.8. The predicted molar refractivity (Wildman–Crippen MR) is 130 cm³/mol. The molecule has 0 aliphatic rings. The van der Waals surface area contributed by atoms with Crippen LogP contribution in [0.3, 0.4) is 0 Å². The van der Waals surface area contributed by atoms with E-state index in [2.05, 4.69) is 4.72 Å². The lowest BCUT2D eigenvalue weighted by molar-refractivity contribution is -0.148. The van der Waals surface area contributed by atoms with E-state index < -0.39 is 27.7 Å². The smallest absolute Gasteiger partial charge is 0.336 e. The van der Waals surface area contributed by atoms with E-state index in [1.54, 1.807) is 32.0 Å². The third-order valence-electron chi connectivity index (χ3n) is 5.62. The number of fused-ring (bicyclic) bond motifs is 3. The Bertz CT molecular complexity index is 1520. The average molecular weight is 480 g/mol. The Hall–Kier alpha value is -3.49. The number of esters is 1. The maximum Gasteiger partial charge on any atom is 0.336 e. The third-order valence-corrected chi connectivity index (χ3v) is 7.08. The van der Waals surface area contributed by atoms with Crippen molar-refractivity contribution in [1.82, 2.24) is 4.72 Å². The first-order chi connectivity index (χ1) is 16.2. The van der Waals surface area contributed by atoms with Crippen molar-refractivity contribution in [2.24, 2.45) is 5.92 Å². The van der Waals surface area contributed by atoms with Crippen LogP contribution in [0, 0.1) is 12.8 Å². The highest BCUT2D eigenvalue weighted by Gasteiger charge is 2.30. The summed E-state index contributed by atoms with van der Waals surface area (Å²) < 4.78 is 39.0. The van der Waals surface area contributed by atoms with Gasteiger partial charge in [-0.25, -0.2) is 13.2 Å². The molecule has 1 aromatic heterocycles. The van der Waals surface area contributed by atoms with Crippen molar-refractivity contribution in [2.45, 2.75) is 38.3 Å². The SMILES string of the molecule is Cc1ccc(S(=O)(=O)N[C@H](C(=O)OCc2cc(=O)oc3ccc4ccccc4c23)C(C)C)cc1. The Morgan fingerprint density at radius 2 is 1.74 bits per heavy atom. The van der Waals surface area contributed by atoms with Gasteiger partial charge in [0.1, 0.15) is 18.2 Å². The molecular weight excluding hydrogens is 454 g/mol. The third kappa shape index (κ3) is 4.88. The summed E-state index contributed by atoms with van der Waals surface area (Å²) in [5.74, 6) is -1.10. The molecule has 0 radical (unpaired) electrons. The number of hydrogen-bond donors (Lipinski definition) is 1. The summed E-state index contributed by atoms with van der Waals surface area (Å²) in [7, 11) is -3.94. The first-order valence-corrected chi connectivity index (χ1v) is 12.3. The second-order valence-electron chi connectivity index (χ2n) is 8.51. The zero-order valence-corrected chi connectivity index (χ0v) is 19.9. The minimum absolute atomic E-state index is 0.0645. The largest absolute Gasteiger partial charge is 0.460 e. The molecule has 0 aliphatic carbocycles. The number of carbonyl (C=O) groups excluding carboxylic acids is 1. The summed E-state index contributed by atoms with van der Waals surface area (Å²) in [6.45, 7) is 5.10. The molecule has 0 saturated carbocycles. The van der Waals surface area contributed by atoms with Gasteiger partial charge >= 0.3 is 11.6 Å². The van der Waals surface area contributed by atoms with Gasteiger partial charge in [0.25, 0.3) is 0 Å². The minimum atomic E-state index is -3.94. The zero-order chi connectivity index (χ0) is 24.5. The molecule has 4 rings (SSSR count).